The topological polar surface area (TPSA) is 111 Å². The zero-order chi connectivity index (χ0) is 23.8. The van der Waals surface area contributed by atoms with E-state index in [9.17, 15) is 14.0 Å². The maximum atomic E-state index is 13.4. The van der Waals surface area contributed by atoms with Crippen molar-refractivity contribution in [3.05, 3.63) is 57.1 Å². The number of ether oxygens (including phenoxy) is 1. The second kappa shape index (κ2) is 10.8. The van der Waals surface area contributed by atoms with Gasteiger partial charge in [0.15, 0.2) is 17.5 Å². The molecule has 35 heavy (non-hydrogen) atoms. The summed E-state index contributed by atoms with van der Waals surface area (Å²) >= 11 is 0. The van der Waals surface area contributed by atoms with Crippen LogP contribution in [0.25, 0.3) is 11.0 Å². The number of rotatable bonds is 5. The van der Waals surface area contributed by atoms with Gasteiger partial charge in [-0.3, -0.25) is 9.36 Å². The van der Waals surface area contributed by atoms with Gasteiger partial charge in [-0.15, -0.1) is 0 Å². The molecule has 1 unspecified atom stereocenters. The van der Waals surface area contributed by atoms with Gasteiger partial charge in [-0.1, -0.05) is 5.16 Å². The summed E-state index contributed by atoms with van der Waals surface area (Å²) in [4.78, 5) is 31.0. The van der Waals surface area contributed by atoms with Crippen molar-refractivity contribution in [1.82, 2.24) is 19.6 Å². The molecule has 1 radical (unpaired) electrons. The van der Waals surface area contributed by atoms with E-state index in [1.54, 1.807) is 17.6 Å². The van der Waals surface area contributed by atoms with E-state index in [0.717, 1.165) is 43.6 Å². The number of hydrogen-bond acceptors (Lipinski definition) is 7. The van der Waals surface area contributed by atoms with E-state index >= 15 is 0 Å². The van der Waals surface area contributed by atoms with E-state index in [4.69, 9.17) is 14.4 Å². The number of likely N-dealkylation sites (tertiary alicyclic amines) is 1. The molecule has 0 aliphatic carbocycles. The van der Waals surface area contributed by atoms with Crippen molar-refractivity contribution in [2.75, 3.05) is 19.6 Å². The zero-order valence-corrected chi connectivity index (χ0v) is 22.4. The molecular weight excluding hydrogens is 532 g/mol. The van der Waals surface area contributed by atoms with Crippen molar-refractivity contribution >= 4 is 17.1 Å². The molecule has 9 nitrogen and oxygen atoms in total. The van der Waals surface area contributed by atoms with Gasteiger partial charge in [0.2, 0.25) is 0 Å². The van der Waals surface area contributed by atoms with Crippen LogP contribution in [0.5, 0.6) is 0 Å². The number of piperidine rings is 1. The molecule has 1 aromatic carbocycles. The maximum absolute atomic E-state index is 13.4. The predicted octanol–water partition coefficient (Wildman–Crippen LogP) is 3.78. The average molecular weight is 559 g/mol. The summed E-state index contributed by atoms with van der Waals surface area (Å²) in [6.45, 7) is 4.80. The first-order valence-corrected chi connectivity index (χ1v) is 11.7. The van der Waals surface area contributed by atoms with Crippen LogP contribution in [-0.4, -0.2) is 50.5 Å². The third-order valence-corrected chi connectivity index (χ3v) is 6.99. The van der Waals surface area contributed by atoms with Crippen LogP contribution in [0, 0.1) is 12.7 Å². The molecule has 1 saturated heterocycles. The van der Waals surface area contributed by atoms with Crippen LogP contribution >= 0.6 is 0 Å². The Kier molecular flexibility index (Phi) is 8.03. The molecule has 1 fully saturated rings. The van der Waals surface area contributed by atoms with Crippen LogP contribution < -0.4 is 5.56 Å². The molecule has 0 spiro atoms. The number of fused-ring (bicyclic) bond motifs is 2. The first kappa shape index (κ1) is 25.9. The second-order valence-corrected chi connectivity index (χ2v) is 9.08. The van der Waals surface area contributed by atoms with Crippen LogP contribution in [0.1, 0.15) is 60.5 Å². The van der Waals surface area contributed by atoms with Gasteiger partial charge in [0, 0.05) is 74.4 Å². The summed E-state index contributed by atoms with van der Waals surface area (Å²) in [5, 5.41) is 14.1. The predicted molar refractivity (Wildman–Crippen MR) is 120 cm³/mol. The minimum Gasteiger partial charge on any atom is -0.450 e. The summed E-state index contributed by atoms with van der Waals surface area (Å²) in [5.74, 6) is 0.324. The number of carboxylic acid groups (broad SMARTS) is 1. The number of nitrogens with zero attached hydrogens (tertiary/aromatic N) is 4. The Balaban J connectivity index is 0.00000289. The largest absolute Gasteiger partial charge is 0.506 e. The van der Waals surface area contributed by atoms with Crippen LogP contribution in [-0.2, 0) is 50.4 Å². The third kappa shape index (κ3) is 5.34. The first-order chi connectivity index (χ1) is 16.4. The molecule has 0 saturated carbocycles. The Morgan fingerprint density at radius 3 is 2.77 bits per heavy atom. The fourth-order valence-electron chi connectivity index (χ4n) is 5.19. The number of carbonyl (C=O) groups is 1. The molecule has 5 rings (SSSR count). The van der Waals surface area contributed by atoms with Gasteiger partial charge in [0.05, 0.1) is 5.69 Å². The molecule has 1 atom stereocenters. The standard InChI is InChI=1S/C24H27FN4O5.Y/c1-14-17(23(30)29-9-2-3-19(22(29)26-14)33-24(31)32)8-12-28-10-6-15(7-11-28)21-18-5-4-16(25)13-20(18)34-27-21;/h4-5,13,15,19H,2-3,6-12H2,1H3,(H,31,32);. The van der Waals surface area contributed by atoms with Crippen molar-refractivity contribution in [2.45, 2.75) is 57.6 Å². The molecule has 183 valence electrons. The Hall–Kier alpha value is -2.17. The van der Waals surface area contributed by atoms with E-state index in [1.165, 1.54) is 12.1 Å². The summed E-state index contributed by atoms with van der Waals surface area (Å²) in [6.07, 6.45) is 1.55. The molecular formula is C24H27FN4O5Y. The minimum absolute atomic E-state index is 0. The second-order valence-electron chi connectivity index (χ2n) is 9.08. The molecule has 0 bridgehead atoms. The molecule has 0 amide bonds. The molecule has 2 aliphatic rings. The van der Waals surface area contributed by atoms with Gasteiger partial charge in [-0.2, -0.15) is 0 Å². The first-order valence-electron chi connectivity index (χ1n) is 11.7. The molecule has 4 heterocycles. The van der Waals surface area contributed by atoms with Crippen molar-refractivity contribution in [2.24, 2.45) is 0 Å². The van der Waals surface area contributed by atoms with E-state index in [0.29, 0.717) is 48.5 Å². The summed E-state index contributed by atoms with van der Waals surface area (Å²) < 4.78 is 25.3. The number of hydrogen-bond donors (Lipinski definition) is 1. The van der Waals surface area contributed by atoms with Crippen molar-refractivity contribution in [3.63, 3.8) is 0 Å². The van der Waals surface area contributed by atoms with Gasteiger partial charge >= 0.3 is 6.16 Å². The van der Waals surface area contributed by atoms with Crippen LogP contribution in [0.15, 0.2) is 27.5 Å². The number of aryl methyl sites for hydroxylation is 1. The van der Waals surface area contributed by atoms with Gasteiger partial charge < -0.3 is 19.3 Å². The van der Waals surface area contributed by atoms with Gasteiger partial charge in [0.1, 0.15) is 5.82 Å². The summed E-state index contributed by atoms with van der Waals surface area (Å²) in [5.41, 5.74) is 2.57. The maximum Gasteiger partial charge on any atom is 0.506 e. The third-order valence-electron chi connectivity index (χ3n) is 6.99. The fourth-order valence-corrected chi connectivity index (χ4v) is 5.19. The summed E-state index contributed by atoms with van der Waals surface area (Å²) in [7, 11) is 0. The molecule has 2 aliphatic heterocycles. The SMILES string of the molecule is Cc1nc2n(c(=O)c1CCN1CCC(c3noc4cc(F)ccc34)CC1)CCCC2OC(=O)O.[Y]. The smallest absolute Gasteiger partial charge is 0.450 e. The monoisotopic (exact) mass is 559 g/mol. The number of benzene rings is 1. The van der Waals surface area contributed by atoms with E-state index in [-0.39, 0.29) is 50.0 Å². The van der Waals surface area contributed by atoms with E-state index in [1.807, 2.05) is 0 Å². The van der Waals surface area contributed by atoms with E-state index < -0.39 is 12.3 Å². The van der Waals surface area contributed by atoms with E-state index in [2.05, 4.69) is 15.0 Å². The Morgan fingerprint density at radius 2 is 2.03 bits per heavy atom. The van der Waals surface area contributed by atoms with Crippen molar-refractivity contribution in [3.8, 4) is 0 Å². The van der Waals surface area contributed by atoms with Crippen molar-refractivity contribution in [1.29, 1.82) is 0 Å². The Morgan fingerprint density at radius 1 is 1.26 bits per heavy atom. The molecule has 2 aromatic heterocycles. The molecule has 1 N–H and O–H groups in total. The van der Waals surface area contributed by atoms with Gasteiger partial charge in [0.25, 0.3) is 5.56 Å². The average Bonchev–Trinajstić information content (AvgIpc) is 3.22. The quantitative estimate of drug-likeness (QED) is 0.471. The van der Waals surface area contributed by atoms with Gasteiger partial charge in [-0.25, -0.2) is 14.2 Å². The fraction of sp³-hybridized carbons (Fsp3) is 0.500. The minimum atomic E-state index is -1.36. The molecule has 3 aromatic rings. The van der Waals surface area contributed by atoms with Gasteiger partial charge in [-0.05, 0) is 64.3 Å². The van der Waals surface area contributed by atoms with Crippen molar-refractivity contribution < 1.29 is 56.3 Å². The normalized spacial score (nSPS) is 18.7. The zero-order valence-electron chi connectivity index (χ0n) is 19.6. The summed E-state index contributed by atoms with van der Waals surface area (Å²) in [6, 6.07) is 4.53. The number of halogens is 1. The Bertz CT molecular complexity index is 1280. The number of aromatic nitrogens is 3. The molecule has 11 heteroatoms. The Labute approximate surface area is 226 Å². The van der Waals surface area contributed by atoms with Crippen LogP contribution in [0.2, 0.25) is 0 Å². The van der Waals surface area contributed by atoms with Crippen LogP contribution in [0.4, 0.5) is 9.18 Å². The van der Waals surface area contributed by atoms with Crippen LogP contribution in [0.3, 0.4) is 0 Å².